The predicted octanol–water partition coefficient (Wildman–Crippen LogP) is 3.51. The van der Waals surface area contributed by atoms with Crippen molar-refractivity contribution in [2.45, 2.75) is 18.0 Å². The zero-order chi connectivity index (χ0) is 18.5. The van der Waals surface area contributed by atoms with E-state index in [1.165, 1.54) is 0 Å². The van der Waals surface area contributed by atoms with Gasteiger partial charge in [0.25, 0.3) is 0 Å². The van der Waals surface area contributed by atoms with E-state index in [0.717, 1.165) is 40.1 Å². The molecule has 0 bridgehead atoms. The van der Waals surface area contributed by atoms with Gasteiger partial charge in [-0.3, -0.25) is 0 Å². The summed E-state index contributed by atoms with van der Waals surface area (Å²) in [5.74, 6) is 2.93. The molecular weight excluding hydrogens is 384 g/mol. The van der Waals surface area contributed by atoms with E-state index in [1.54, 1.807) is 34.9 Å². The Morgan fingerprint density at radius 1 is 1.22 bits per heavy atom. The van der Waals surface area contributed by atoms with Crippen LogP contribution in [0.4, 0.5) is 0 Å². The molecule has 0 saturated heterocycles. The van der Waals surface area contributed by atoms with Crippen LogP contribution in [0.5, 0.6) is 5.75 Å². The Kier molecular flexibility index (Phi) is 5.45. The largest absolute Gasteiger partial charge is 0.497 e. The van der Waals surface area contributed by atoms with Gasteiger partial charge in [-0.05, 0) is 52.6 Å². The van der Waals surface area contributed by atoms with Crippen LogP contribution in [0.1, 0.15) is 12.3 Å². The number of rotatable bonds is 8. The summed E-state index contributed by atoms with van der Waals surface area (Å²) in [6.07, 6.45) is 1.60. The molecule has 0 saturated carbocycles. The highest BCUT2D eigenvalue weighted by Gasteiger charge is 2.11. The average Bonchev–Trinajstić information content (AvgIpc) is 3.46. The molecule has 4 rings (SSSR count). The van der Waals surface area contributed by atoms with Gasteiger partial charge in [-0.25, -0.2) is 0 Å². The first kappa shape index (κ1) is 17.7. The zero-order valence-electron chi connectivity index (χ0n) is 14.5. The standard InChI is InChI=1S/C17H16N6O2S2/c1-24-13-8-6-12(7-9-13)23-17(19-21-22-23)27-11-3-5-15-18-16(20-25-15)14-4-2-10-26-14/h2,4,6-10H,3,5,11H2,1H3. The Morgan fingerprint density at radius 2 is 2.11 bits per heavy atom. The first-order valence-corrected chi connectivity index (χ1v) is 10.1. The summed E-state index contributed by atoms with van der Waals surface area (Å²) in [5, 5.41) is 18.7. The summed E-state index contributed by atoms with van der Waals surface area (Å²) < 4.78 is 12.2. The number of ether oxygens (including phenoxy) is 1. The maximum Gasteiger partial charge on any atom is 0.227 e. The third-order valence-electron chi connectivity index (χ3n) is 3.73. The van der Waals surface area contributed by atoms with Crippen molar-refractivity contribution in [3.63, 3.8) is 0 Å². The first-order chi connectivity index (χ1) is 13.3. The number of thiophene rings is 1. The van der Waals surface area contributed by atoms with Crippen molar-refractivity contribution >= 4 is 23.1 Å². The molecule has 0 aliphatic rings. The van der Waals surface area contributed by atoms with Gasteiger partial charge in [-0.15, -0.1) is 16.4 Å². The lowest BCUT2D eigenvalue weighted by Gasteiger charge is -2.05. The molecule has 0 aliphatic heterocycles. The van der Waals surface area contributed by atoms with E-state index in [-0.39, 0.29) is 0 Å². The van der Waals surface area contributed by atoms with Gasteiger partial charge in [-0.1, -0.05) is 23.0 Å². The number of methoxy groups -OCH3 is 1. The third-order valence-corrected chi connectivity index (χ3v) is 5.61. The van der Waals surface area contributed by atoms with Crippen molar-refractivity contribution in [1.29, 1.82) is 0 Å². The highest BCUT2D eigenvalue weighted by Crippen LogP contribution is 2.23. The van der Waals surface area contributed by atoms with Crippen molar-refractivity contribution in [2.24, 2.45) is 0 Å². The quantitative estimate of drug-likeness (QED) is 0.328. The highest BCUT2D eigenvalue weighted by molar-refractivity contribution is 7.99. The number of nitrogens with zero attached hydrogens (tertiary/aromatic N) is 6. The lowest BCUT2D eigenvalue weighted by Crippen LogP contribution is -1.99. The van der Waals surface area contributed by atoms with Gasteiger partial charge in [0.2, 0.25) is 16.9 Å². The number of aryl methyl sites for hydroxylation is 1. The molecule has 0 spiro atoms. The van der Waals surface area contributed by atoms with Crippen molar-refractivity contribution in [1.82, 2.24) is 30.3 Å². The fraction of sp³-hybridized carbons (Fsp3) is 0.235. The summed E-state index contributed by atoms with van der Waals surface area (Å²) >= 11 is 3.19. The van der Waals surface area contributed by atoms with Crippen LogP contribution >= 0.6 is 23.1 Å². The topological polar surface area (TPSA) is 91.8 Å². The Hall–Kier alpha value is -2.72. The van der Waals surface area contributed by atoms with E-state index in [9.17, 15) is 0 Å². The number of hydrogen-bond acceptors (Lipinski definition) is 9. The smallest absolute Gasteiger partial charge is 0.227 e. The summed E-state index contributed by atoms with van der Waals surface area (Å²) in [6.45, 7) is 0. The van der Waals surface area contributed by atoms with Crippen LogP contribution in [-0.4, -0.2) is 43.2 Å². The van der Waals surface area contributed by atoms with Crippen LogP contribution in [-0.2, 0) is 6.42 Å². The Balaban J connectivity index is 1.32. The minimum absolute atomic E-state index is 0.647. The Bertz CT molecular complexity index is 981. The van der Waals surface area contributed by atoms with Gasteiger partial charge >= 0.3 is 0 Å². The second-order valence-electron chi connectivity index (χ2n) is 5.51. The van der Waals surface area contributed by atoms with Crippen molar-refractivity contribution in [2.75, 3.05) is 12.9 Å². The lowest BCUT2D eigenvalue weighted by atomic mass is 10.3. The number of tetrazole rings is 1. The van der Waals surface area contributed by atoms with E-state index in [0.29, 0.717) is 11.7 Å². The number of benzene rings is 1. The molecule has 0 aliphatic carbocycles. The lowest BCUT2D eigenvalue weighted by molar-refractivity contribution is 0.378. The van der Waals surface area contributed by atoms with Crippen molar-refractivity contribution in [3.8, 4) is 22.1 Å². The van der Waals surface area contributed by atoms with Gasteiger partial charge in [0.05, 0.1) is 17.7 Å². The Morgan fingerprint density at radius 3 is 2.89 bits per heavy atom. The first-order valence-electron chi connectivity index (χ1n) is 8.25. The molecule has 8 nitrogen and oxygen atoms in total. The maximum absolute atomic E-state index is 5.32. The van der Waals surface area contributed by atoms with Crippen LogP contribution in [0.2, 0.25) is 0 Å². The second-order valence-corrected chi connectivity index (χ2v) is 7.52. The maximum atomic E-state index is 5.32. The van der Waals surface area contributed by atoms with Crippen LogP contribution in [0, 0.1) is 0 Å². The summed E-state index contributed by atoms with van der Waals surface area (Å²) in [6, 6.07) is 11.6. The molecular formula is C17H16N6O2S2. The van der Waals surface area contributed by atoms with E-state index in [4.69, 9.17) is 9.26 Å². The van der Waals surface area contributed by atoms with Gasteiger partial charge < -0.3 is 9.26 Å². The van der Waals surface area contributed by atoms with Crippen molar-refractivity contribution in [3.05, 3.63) is 47.7 Å². The predicted molar refractivity (Wildman–Crippen MR) is 102 cm³/mol. The van der Waals surface area contributed by atoms with Gasteiger partial charge in [0.1, 0.15) is 5.75 Å². The third kappa shape index (κ3) is 4.17. The molecule has 0 fully saturated rings. The van der Waals surface area contributed by atoms with Crippen LogP contribution in [0.15, 0.2) is 51.5 Å². The summed E-state index contributed by atoms with van der Waals surface area (Å²) in [7, 11) is 1.64. The SMILES string of the molecule is COc1ccc(-n2nnnc2SCCCc2nc(-c3cccs3)no2)cc1. The van der Waals surface area contributed by atoms with E-state index in [2.05, 4.69) is 25.7 Å². The molecule has 0 N–H and O–H groups in total. The molecule has 0 amide bonds. The van der Waals surface area contributed by atoms with Crippen molar-refractivity contribution < 1.29 is 9.26 Å². The minimum Gasteiger partial charge on any atom is -0.497 e. The molecule has 4 aromatic rings. The van der Waals surface area contributed by atoms with Gasteiger partial charge in [0.15, 0.2) is 0 Å². The fourth-order valence-corrected chi connectivity index (χ4v) is 3.88. The molecule has 27 heavy (non-hydrogen) atoms. The fourth-order valence-electron chi connectivity index (χ4n) is 2.40. The minimum atomic E-state index is 0.647. The van der Waals surface area contributed by atoms with E-state index in [1.807, 2.05) is 41.8 Å². The normalized spacial score (nSPS) is 11.0. The number of thioether (sulfide) groups is 1. The van der Waals surface area contributed by atoms with E-state index >= 15 is 0 Å². The molecule has 138 valence electrons. The number of aromatic nitrogens is 6. The Labute approximate surface area is 163 Å². The monoisotopic (exact) mass is 400 g/mol. The molecule has 3 aromatic heterocycles. The molecule has 0 unspecified atom stereocenters. The van der Waals surface area contributed by atoms with Gasteiger partial charge in [0, 0.05) is 12.2 Å². The second kappa shape index (κ2) is 8.31. The molecule has 0 radical (unpaired) electrons. The average molecular weight is 400 g/mol. The van der Waals surface area contributed by atoms with Gasteiger partial charge in [-0.2, -0.15) is 9.67 Å². The van der Waals surface area contributed by atoms with Crippen LogP contribution < -0.4 is 4.74 Å². The molecule has 10 heteroatoms. The molecule has 3 heterocycles. The van der Waals surface area contributed by atoms with Crippen LogP contribution in [0.3, 0.4) is 0 Å². The summed E-state index contributed by atoms with van der Waals surface area (Å²) in [4.78, 5) is 5.45. The highest BCUT2D eigenvalue weighted by atomic mass is 32.2. The summed E-state index contributed by atoms with van der Waals surface area (Å²) in [5.41, 5.74) is 0.890. The van der Waals surface area contributed by atoms with Crippen LogP contribution in [0.25, 0.3) is 16.4 Å². The molecule has 1 aromatic carbocycles. The molecule has 0 atom stereocenters. The zero-order valence-corrected chi connectivity index (χ0v) is 16.1. The number of hydrogen-bond donors (Lipinski definition) is 0. The van der Waals surface area contributed by atoms with E-state index < -0.39 is 0 Å².